The maximum atomic E-state index is 13.4. The highest BCUT2D eigenvalue weighted by molar-refractivity contribution is 5.99. The summed E-state index contributed by atoms with van der Waals surface area (Å²) in [5, 5.41) is 0. The number of para-hydroxylation sites is 1. The minimum atomic E-state index is -1.00. The quantitative estimate of drug-likeness (QED) is 0.804. The highest BCUT2D eigenvalue weighted by Crippen LogP contribution is 2.19. The molecule has 0 saturated carbocycles. The van der Waals surface area contributed by atoms with Crippen molar-refractivity contribution in [2.45, 2.75) is 19.4 Å². The van der Waals surface area contributed by atoms with Gasteiger partial charge in [-0.15, -0.1) is 0 Å². The molecule has 0 spiro atoms. The first kappa shape index (κ1) is 11.7. The maximum absolute atomic E-state index is 13.4. The van der Waals surface area contributed by atoms with E-state index in [-0.39, 0.29) is 11.6 Å². The fourth-order valence-electron chi connectivity index (χ4n) is 1.27. The molecular weight excluding hydrogens is 195 g/mol. The zero-order chi connectivity index (χ0) is 11.6. The first-order chi connectivity index (χ1) is 6.84. The van der Waals surface area contributed by atoms with Gasteiger partial charge >= 0.3 is 0 Å². The van der Waals surface area contributed by atoms with E-state index in [9.17, 15) is 9.18 Å². The van der Waals surface area contributed by atoms with Crippen LogP contribution in [-0.4, -0.2) is 18.5 Å². The summed E-state index contributed by atoms with van der Waals surface area (Å²) in [5.74, 6) is -0.759. The van der Waals surface area contributed by atoms with E-state index in [1.807, 2.05) is 0 Å². The normalized spacial score (nSPS) is 11.3. The van der Waals surface area contributed by atoms with Crippen LogP contribution in [0.15, 0.2) is 24.3 Å². The second kappa shape index (κ2) is 3.98. The largest absolute Gasteiger partial charge is 0.318 e. The molecule has 0 fully saturated rings. The van der Waals surface area contributed by atoms with Crippen molar-refractivity contribution in [1.29, 1.82) is 0 Å². The number of hydrogen-bond acceptors (Lipinski definition) is 2. The number of hydrogen-bond donors (Lipinski definition) is 1. The van der Waals surface area contributed by atoms with Gasteiger partial charge in [0, 0.05) is 7.05 Å². The third-order valence-corrected chi connectivity index (χ3v) is 2.07. The number of benzene rings is 1. The van der Waals surface area contributed by atoms with Crippen molar-refractivity contribution in [1.82, 2.24) is 0 Å². The van der Waals surface area contributed by atoms with Gasteiger partial charge in [-0.05, 0) is 26.0 Å². The lowest BCUT2D eigenvalue weighted by Crippen LogP contribution is -2.50. The van der Waals surface area contributed by atoms with Gasteiger partial charge in [0.15, 0.2) is 0 Å². The van der Waals surface area contributed by atoms with Crippen LogP contribution in [0, 0.1) is 5.82 Å². The highest BCUT2D eigenvalue weighted by atomic mass is 19.1. The topological polar surface area (TPSA) is 46.3 Å². The molecule has 0 radical (unpaired) electrons. The van der Waals surface area contributed by atoms with E-state index in [1.165, 1.54) is 18.0 Å². The Morgan fingerprint density at radius 1 is 1.40 bits per heavy atom. The predicted molar refractivity (Wildman–Crippen MR) is 58.1 cm³/mol. The predicted octanol–water partition coefficient (Wildman–Crippen LogP) is 1.53. The Balaban J connectivity index is 3.01. The van der Waals surface area contributed by atoms with Crippen molar-refractivity contribution in [2.75, 3.05) is 11.9 Å². The number of halogens is 1. The summed E-state index contributed by atoms with van der Waals surface area (Å²) in [6, 6.07) is 6.10. The van der Waals surface area contributed by atoms with Crippen molar-refractivity contribution >= 4 is 11.6 Å². The maximum Gasteiger partial charge on any atom is 0.246 e. The number of nitrogens with two attached hydrogens (primary N) is 1. The zero-order valence-electron chi connectivity index (χ0n) is 9.12. The third-order valence-electron chi connectivity index (χ3n) is 2.07. The molecule has 0 aliphatic rings. The molecule has 0 bridgehead atoms. The molecule has 3 nitrogen and oxygen atoms in total. The number of carbonyl (C=O) groups is 1. The summed E-state index contributed by atoms with van der Waals surface area (Å²) < 4.78 is 13.4. The van der Waals surface area contributed by atoms with E-state index < -0.39 is 11.4 Å². The Labute approximate surface area is 88.7 Å². The summed E-state index contributed by atoms with van der Waals surface area (Å²) in [7, 11) is 1.51. The van der Waals surface area contributed by atoms with Gasteiger partial charge < -0.3 is 10.6 Å². The van der Waals surface area contributed by atoms with Crippen molar-refractivity contribution in [2.24, 2.45) is 5.73 Å². The summed E-state index contributed by atoms with van der Waals surface area (Å²) in [5.41, 5.74) is 4.89. The Hall–Kier alpha value is -1.42. The molecule has 0 aliphatic carbocycles. The van der Waals surface area contributed by atoms with Crippen molar-refractivity contribution in [3.05, 3.63) is 30.1 Å². The van der Waals surface area contributed by atoms with Gasteiger partial charge in [-0.1, -0.05) is 12.1 Å². The van der Waals surface area contributed by atoms with Crippen molar-refractivity contribution in [3.63, 3.8) is 0 Å². The van der Waals surface area contributed by atoms with Crippen LogP contribution in [0.5, 0.6) is 0 Å². The molecule has 0 aliphatic heterocycles. The molecule has 0 atom stereocenters. The molecule has 0 saturated heterocycles. The fraction of sp³-hybridized carbons (Fsp3) is 0.364. The van der Waals surface area contributed by atoms with Crippen molar-refractivity contribution < 1.29 is 9.18 Å². The van der Waals surface area contributed by atoms with Crippen LogP contribution in [0.1, 0.15) is 13.8 Å². The molecule has 1 aromatic carbocycles. The molecule has 1 aromatic rings. The summed E-state index contributed by atoms with van der Waals surface area (Å²) in [4.78, 5) is 13.0. The lowest BCUT2D eigenvalue weighted by molar-refractivity contribution is -0.122. The van der Waals surface area contributed by atoms with Gasteiger partial charge in [0.25, 0.3) is 0 Å². The Morgan fingerprint density at radius 2 is 1.93 bits per heavy atom. The Kier molecular flexibility index (Phi) is 3.09. The number of rotatable bonds is 2. The van der Waals surface area contributed by atoms with Crippen LogP contribution in [0.2, 0.25) is 0 Å². The minimum absolute atomic E-state index is 0.237. The molecule has 1 rings (SSSR count). The SMILES string of the molecule is CN(C(=O)C(C)(C)N)c1ccccc1F. The van der Waals surface area contributed by atoms with Crippen LogP contribution in [0.4, 0.5) is 10.1 Å². The average Bonchev–Trinajstić information content (AvgIpc) is 2.15. The van der Waals surface area contributed by atoms with Gasteiger partial charge in [-0.25, -0.2) is 4.39 Å². The smallest absolute Gasteiger partial charge is 0.246 e. The lowest BCUT2D eigenvalue weighted by atomic mass is 10.1. The van der Waals surface area contributed by atoms with Gasteiger partial charge in [0.1, 0.15) is 5.82 Å². The molecule has 0 heterocycles. The molecule has 15 heavy (non-hydrogen) atoms. The van der Waals surface area contributed by atoms with E-state index in [4.69, 9.17) is 5.73 Å². The third kappa shape index (κ3) is 2.53. The molecule has 0 unspecified atom stereocenters. The summed E-state index contributed by atoms with van der Waals surface area (Å²) >= 11 is 0. The summed E-state index contributed by atoms with van der Waals surface area (Å²) in [6.45, 7) is 3.18. The van der Waals surface area contributed by atoms with E-state index in [1.54, 1.807) is 32.0 Å². The van der Waals surface area contributed by atoms with Gasteiger partial charge in [0.05, 0.1) is 11.2 Å². The molecule has 1 amide bonds. The molecular formula is C11H15FN2O. The number of nitrogens with zero attached hydrogens (tertiary/aromatic N) is 1. The Morgan fingerprint density at radius 3 is 2.40 bits per heavy atom. The van der Waals surface area contributed by atoms with E-state index >= 15 is 0 Å². The molecule has 4 heteroatoms. The van der Waals surface area contributed by atoms with Crippen LogP contribution >= 0.6 is 0 Å². The van der Waals surface area contributed by atoms with Gasteiger partial charge in [-0.3, -0.25) is 4.79 Å². The average molecular weight is 210 g/mol. The van der Waals surface area contributed by atoms with Gasteiger partial charge in [-0.2, -0.15) is 0 Å². The molecule has 82 valence electrons. The van der Waals surface area contributed by atoms with E-state index in [0.29, 0.717) is 0 Å². The molecule has 2 N–H and O–H groups in total. The minimum Gasteiger partial charge on any atom is -0.318 e. The van der Waals surface area contributed by atoms with Gasteiger partial charge in [0.2, 0.25) is 5.91 Å². The van der Waals surface area contributed by atoms with Crippen LogP contribution in [0.25, 0.3) is 0 Å². The highest BCUT2D eigenvalue weighted by Gasteiger charge is 2.27. The number of likely N-dealkylation sites (N-methyl/N-ethyl adjacent to an activating group) is 1. The Bertz CT molecular complexity index is 371. The van der Waals surface area contributed by atoms with Crippen LogP contribution in [-0.2, 0) is 4.79 Å². The van der Waals surface area contributed by atoms with Crippen molar-refractivity contribution in [3.8, 4) is 0 Å². The van der Waals surface area contributed by atoms with E-state index in [0.717, 1.165) is 0 Å². The first-order valence-corrected chi connectivity index (χ1v) is 4.65. The second-order valence-electron chi connectivity index (χ2n) is 4.04. The standard InChI is InChI=1S/C11H15FN2O/c1-11(2,13)10(15)14(3)9-7-5-4-6-8(9)12/h4-7H,13H2,1-3H3. The van der Waals surface area contributed by atoms with E-state index in [2.05, 4.69) is 0 Å². The second-order valence-corrected chi connectivity index (χ2v) is 4.04. The monoisotopic (exact) mass is 210 g/mol. The fourth-order valence-corrected chi connectivity index (χ4v) is 1.27. The first-order valence-electron chi connectivity index (χ1n) is 4.65. The lowest BCUT2D eigenvalue weighted by Gasteiger charge is -2.26. The van der Waals surface area contributed by atoms with Crippen LogP contribution in [0.3, 0.4) is 0 Å². The summed E-state index contributed by atoms with van der Waals surface area (Å²) in [6.07, 6.45) is 0. The number of amides is 1. The molecule has 0 aromatic heterocycles. The zero-order valence-corrected chi connectivity index (χ0v) is 9.12. The number of anilines is 1. The number of carbonyl (C=O) groups excluding carboxylic acids is 1. The van der Waals surface area contributed by atoms with Crippen LogP contribution < -0.4 is 10.6 Å².